The summed E-state index contributed by atoms with van der Waals surface area (Å²) in [5.74, 6) is -0.166. The van der Waals surface area contributed by atoms with Gasteiger partial charge in [0.25, 0.3) is 0 Å². The van der Waals surface area contributed by atoms with Crippen molar-refractivity contribution in [3.63, 3.8) is 0 Å². The zero-order chi connectivity index (χ0) is 59.8. The van der Waals surface area contributed by atoms with Crippen molar-refractivity contribution in [2.24, 2.45) is 0 Å². The lowest BCUT2D eigenvalue weighted by Gasteiger charge is -2.25. The number of aliphatic hydroxyl groups excluding tert-OH is 1. The molecule has 0 aromatic heterocycles. The summed E-state index contributed by atoms with van der Waals surface area (Å²) in [6.45, 7) is 4.90. The van der Waals surface area contributed by atoms with Gasteiger partial charge in [0.15, 0.2) is 0 Å². The van der Waals surface area contributed by atoms with Crippen LogP contribution in [0.25, 0.3) is 0 Å². The number of unbranched alkanes of at least 4 members (excludes halogenated alkanes) is 57. The van der Waals surface area contributed by atoms with E-state index < -0.39 is 20.0 Å². The van der Waals surface area contributed by atoms with E-state index in [0.29, 0.717) is 17.4 Å². The largest absolute Gasteiger partial charge is 0.472 e. The van der Waals surface area contributed by atoms with E-state index in [-0.39, 0.29) is 19.1 Å². The molecule has 0 bridgehead atoms. The second-order valence-corrected chi connectivity index (χ2v) is 28.5. The van der Waals surface area contributed by atoms with Gasteiger partial charge in [-0.3, -0.25) is 13.8 Å². The van der Waals surface area contributed by atoms with E-state index in [0.717, 1.165) is 32.1 Å². The summed E-state index contributed by atoms with van der Waals surface area (Å²) in [6, 6.07) is -0.844. The van der Waals surface area contributed by atoms with Crippen LogP contribution in [-0.4, -0.2) is 73.4 Å². The molecule has 0 aromatic carbocycles. The number of hydrogen-bond donors (Lipinski definition) is 3. The number of quaternary nitrogens is 1. The maximum absolute atomic E-state index is 13.1. The summed E-state index contributed by atoms with van der Waals surface area (Å²) in [6.07, 6.45) is 83.8. The Morgan fingerprint density at radius 1 is 0.402 bits per heavy atom. The maximum Gasteiger partial charge on any atom is 0.472 e. The highest BCUT2D eigenvalue weighted by Crippen LogP contribution is 2.43. The molecule has 0 aliphatic carbocycles. The first-order valence-corrected chi connectivity index (χ1v) is 38.6. The molecule has 3 N–H and O–H groups in total. The van der Waals surface area contributed by atoms with Gasteiger partial charge in [-0.2, -0.15) is 0 Å². The second-order valence-electron chi connectivity index (χ2n) is 27.0. The number of likely N-dealkylation sites (N-methyl/N-ethyl adjacent to an activating group) is 1. The van der Waals surface area contributed by atoms with E-state index in [4.69, 9.17) is 9.05 Å². The number of amides is 1. The van der Waals surface area contributed by atoms with Crippen LogP contribution in [0.4, 0.5) is 0 Å². The number of allylic oxidation sites excluding steroid dienone is 1. The van der Waals surface area contributed by atoms with Crippen LogP contribution in [0, 0.1) is 0 Å². The molecular formula is C73H148N2O6P+. The van der Waals surface area contributed by atoms with Gasteiger partial charge in [0.05, 0.1) is 39.9 Å². The third kappa shape index (κ3) is 66.8. The van der Waals surface area contributed by atoms with E-state index in [9.17, 15) is 19.4 Å². The van der Waals surface area contributed by atoms with Gasteiger partial charge >= 0.3 is 7.82 Å². The average molecular weight is 1180 g/mol. The summed E-state index contributed by atoms with van der Waals surface area (Å²) >= 11 is 0. The monoisotopic (exact) mass is 1180 g/mol. The van der Waals surface area contributed by atoms with Crippen molar-refractivity contribution in [3.05, 3.63) is 12.2 Å². The van der Waals surface area contributed by atoms with Crippen LogP contribution in [0.3, 0.4) is 0 Å². The Hall–Kier alpha value is -0.760. The summed E-state index contributed by atoms with van der Waals surface area (Å²) in [4.78, 5) is 23.4. The van der Waals surface area contributed by atoms with Crippen molar-refractivity contribution in [1.29, 1.82) is 0 Å². The Balaban J connectivity index is 3.99. The predicted molar refractivity (Wildman–Crippen MR) is 360 cm³/mol. The number of phosphoric ester groups is 1. The highest BCUT2D eigenvalue weighted by molar-refractivity contribution is 7.47. The number of aliphatic hydroxyl groups is 1. The van der Waals surface area contributed by atoms with Crippen molar-refractivity contribution in [2.45, 2.75) is 411 Å². The molecule has 0 aliphatic heterocycles. The van der Waals surface area contributed by atoms with E-state index in [1.54, 1.807) is 6.08 Å². The fourth-order valence-corrected chi connectivity index (χ4v) is 12.5. The van der Waals surface area contributed by atoms with Gasteiger partial charge in [0.1, 0.15) is 13.2 Å². The molecule has 0 aromatic rings. The minimum Gasteiger partial charge on any atom is -0.387 e. The lowest BCUT2D eigenvalue weighted by molar-refractivity contribution is -0.870. The van der Waals surface area contributed by atoms with Crippen LogP contribution >= 0.6 is 7.82 Å². The first-order valence-electron chi connectivity index (χ1n) is 37.1. The molecule has 3 unspecified atom stereocenters. The molecule has 0 saturated heterocycles. The van der Waals surface area contributed by atoms with Gasteiger partial charge in [-0.1, -0.05) is 386 Å². The zero-order valence-electron chi connectivity index (χ0n) is 56.3. The van der Waals surface area contributed by atoms with Crippen LogP contribution in [0.1, 0.15) is 399 Å². The Kier molecular flexibility index (Phi) is 64.1. The van der Waals surface area contributed by atoms with Gasteiger partial charge in [0, 0.05) is 6.42 Å². The number of phosphoric acid groups is 1. The van der Waals surface area contributed by atoms with Gasteiger partial charge in [0.2, 0.25) is 5.91 Å². The molecule has 1 amide bonds. The number of carbonyl (C=O) groups excluding carboxylic acids is 1. The minimum absolute atomic E-state index is 0.0656. The highest BCUT2D eigenvalue weighted by atomic mass is 31.2. The summed E-state index contributed by atoms with van der Waals surface area (Å²) in [5.41, 5.74) is 0. The number of nitrogens with one attached hydrogen (secondary N) is 1. The Morgan fingerprint density at radius 3 is 0.902 bits per heavy atom. The van der Waals surface area contributed by atoms with Crippen LogP contribution in [0.15, 0.2) is 12.2 Å². The van der Waals surface area contributed by atoms with Crippen LogP contribution in [0.5, 0.6) is 0 Å². The summed E-state index contributed by atoms with van der Waals surface area (Å²) in [5, 5.41) is 14.0. The van der Waals surface area contributed by atoms with Crippen molar-refractivity contribution in [2.75, 3.05) is 40.9 Å². The molecule has 490 valence electrons. The highest BCUT2D eigenvalue weighted by Gasteiger charge is 2.28. The van der Waals surface area contributed by atoms with Crippen molar-refractivity contribution < 1.29 is 32.9 Å². The molecule has 0 rings (SSSR count). The molecule has 8 nitrogen and oxygen atoms in total. The number of nitrogens with zero attached hydrogens (tertiary/aromatic N) is 1. The van der Waals surface area contributed by atoms with Gasteiger partial charge in [-0.15, -0.1) is 0 Å². The van der Waals surface area contributed by atoms with Crippen molar-refractivity contribution in [3.8, 4) is 0 Å². The quantitative estimate of drug-likeness (QED) is 0.0243. The second kappa shape index (κ2) is 64.7. The normalized spacial score (nSPS) is 13.6. The third-order valence-electron chi connectivity index (χ3n) is 17.5. The SMILES string of the molecule is CCCCCCCCCCCCCCCCCCCCCCCCCCCCC/C=C/C(O)C(COP(=O)(O)OCC[N+](C)(C)C)NC(=O)CCCCCCCCCCCCCCCCCCCCCCCCCCCCCCCCC. The number of hydrogen-bond acceptors (Lipinski definition) is 5. The molecule has 0 fully saturated rings. The predicted octanol–water partition coefficient (Wildman–Crippen LogP) is 23.7. The smallest absolute Gasteiger partial charge is 0.387 e. The molecule has 0 spiro atoms. The first-order chi connectivity index (χ1) is 40.0. The number of carbonyl (C=O) groups is 1. The molecule has 0 aliphatic rings. The van der Waals surface area contributed by atoms with E-state index >= 15 is 0 Å². The summed E-state index contributed by atoms with van der Waals surface area (Å²) in [7, 11) is 1.60. The van der Waals surface area contributed by atoms with Crippen LogP contribution in [-0.2, 0) is 18.4 Å². The minimum atomic E-state index is -4.35. The average Bonchev–Trinajstić information content (AvgIpc) is 3.47. The molecular weight excluding hydrogens is 1030 g/mol. The van der Waals surface area contributed by atoms with Crippen molar-refractivity contribution in [1.82, 2.24) is 5.32 Å². The van der Waals surface area contributed by atoms with E-state index in [1.807, 2.05) is 27.2 Å². The van der Waals surface area contributed by atoms with Crippen molar-refractivity contribution >= 4 is 13.7 Å². The molecule has 0 radical (unpaired) electrons. The van der Waals surface area contributed by atoms with Gasteiger partial charge < -0.3 is 19.8 Å². The molecule has 82 heavy (non-hydrogen) atoms. The molecule has 0 heterocycles. The number of rotatable bonds is 70. The first kappa shape index (κ1) is 81.2. The van der Waals surface area contributed by atoms with Gasteiger partial charge in [-0.25, -0.2) is 4.57 Å². The standard InChI is InChI=1S/C73H147N2O6P/c1-6-8-10-12-14-16-18-20-22-24-26-28-30-32-34-36-37-39-41-43-45-47-49-51-53-55-57-59-61-63-65-67-73(77)74-71(70-81-82(78,79)80-69-68-75(3,4)5)72(76)66-64-62-60-58-56-54-52-50-48-46-44-42-40-38-35-33-31-29-27-25-23-21-19-17-15-13-11-9-7-2/h64,66,71-72,76H,6-63,65,67-70H2,1-5H3,(H-,74,77,78,79)/p+1/b66-64+. The Labute approximate surface area is 513 Å². The van der Waals surface area contributed by atoms with Gasteiger partial charge in [-0.05, 0) is 19.3 Å². The topological polar surface area (TPSA) is 105 Å². The Bertz CT molecular complexity index is 1340. The lowest BCUT2D eigenvalue weighted by atomic mass is 10.0. The maximum atomic E-state index is 13.1. The molecule has 3 atom stereocenters. The van der Waals surface area contributed by atoms with Crippen LogP contribution < -0.4 is 5.32 Å². The molecule has 9 heteroatoms. The molecule has 0 saturated carbocycles. The van der Waals surface area contributed by atoms with Crippen LogP contribution in [0.2, 0.25) is 0 Å². The fraction of sp³-hybridized carbons (Fsp3) is 0.959. The Morgan fingerprint density at radius 2 is 0.646 bits per heavy atom. The third-order valence-corrected chi connectivity index (χ3v) is 18.5. The summed E-state index contributed by atoms with van der Waals surface area (Å²) < 4.78 is 23.9. The van der Waals surface area contributed by atoms with E-state index in [2.05, 4.69) is 19.2 Å². The van der Waals surface area contributed by atoms with E-state index in [1.165, 1.54) is 347 Å². The fourth-order valence-electron chi connectivity index (χ4n) is 11.8. The lowest BCUT2D eigenvalue weighted by Crippen LogP contribution is -2.45. The zero-order valence-corrected chi connectivity index (χ0v) is 57.2.